The summed E-state index contributed by atoms with van der Waals surface area (Å²) in [5.41, 5.74) is 14.0. The van der Waals surface area contributed by atoms with Crippen molar-refractivity contribution in [2.75, 3.05) is 13.1 Å². The van der Waals surface area contributed by atoms with E-state index in [9.17, 15) is 9.59 Å². The average Bonchev–Trinajstić information content (AvgIpc) is 3.05. The second kappa shape index (κ2) is 11.8. The first-order valence-corrected chi connectivity index (χ1v) is 9.48. The van der Waals surface area contributed by atoms with Crippen LogP contribution in [0.4, 0.5) is 0 Å². The fourth-order valence-electron chi connectivity index (χ4n) is 3.55. The molecule has 164 valence electrons. The molecule has 1 aliphatic rings. The quantitative estimate of drug-likeness (QED) is 0.172. The molecular weight excluding hydrogens is 412 g/mol. The summed E-state index contributed by atoms with van der Waals surface area (Å²) in [6.45, 7) is 1.59. The van der Waals surface area contributed by atoms with E-state index in [1.165, 1.54) is 4.90 Å². The minimum atomic E-state index is -1.59. The molecule has 1 saturated heterocycles. The maximum absolute atomic E-state index is 13.0. The third-order valence-corrected chi connectivity index (χ3v) is 5.05. The highest BCUT2D eigenvalue weighted by molar-refractivity contribution is 6.40. The minimum Gasteiger partial charge on any atom is -0.460 e. The fourth-order valence-corrected chi connectivity index (χ4v) is 3.55. The number of esters is 1. The number of carbonyl (C=O) groups excluding carboxylic acids is 2. The van der Waals surface area contributed by atoms with Gasteiger partial charge < -0.3 is 25.4 Å². The number of nitrogens with zero attached hydrogens (tertiary/aromatic N) is 4. The lowest BCUT2D eigenvalue weighted by Crippen LogP contribution is -2.47. The number of carbonyl (C=O) groups is 2. The third-order valence-electron chi connectivity index (χ3n) is 5.05. The Balaban J connectivity index is 0.00000450. The highest BCUT2D eigenvalue weighted by atomic mass is 35.5. The van der Waals surface area contributed by atoms with Gasteiger partial charge in [0.15, 0.2) is 5.54 Å². The molecular formula is C18H27BClN5O5. The van der Waals surface area contributed by atoms with Crippen LogP contribution >= 0.6 is 12.4 Å². The van der Waals surface area contributed by atoms with E-state index < -0.39 is 30.6 Å². The molecule has 1 aromatic rings. The summed E-state index contributed by atoms with van der Waals surface area (Å²) in [4.78, 5) is 29.7. The van der Waals surface area contributed by atoms with Gasteiger partial charge in [-0.2, -0.15) is 0 Å². The molecule has 10 nitrogen and oxygen atoms in total. The van der Waals surface area contributed by atoms with E-state index in [0.717, 1.165) is 5.56 Å². The lowest BCUT2D eigenvalue weighted by Gasteiger charge is -2.27. The number of likely N-dealkylation sites (tertiary alicyclic amines) is 1. The van der Waals surface area contributed by atoms with E-state index in [4.69, 9.17) is 26.0 Å². The molecule has 0 aromatic heterocycles. The van der Waals surface area contributed by atoms with Crippen molar-refractivity contribution in [1.82, 2.24) is 4.90 Å². The molecule has 0 spiro atoms. The van der Waals surface area contributed by atoms with E-state index in [-0.39, 0.29) is 44.3 Å². The highest BCUT2D eigenvalue weighted by Gasteiger charge is 2.54. The predicted octanol–water partition coefficient (Wildman–Crippen LogP) is 1.26. The van der Waals surface area contributed by atoms with Crippen LogP contribution < -0.4 is 5.73 Å². The van der Waals surface area contributed by atoms with Gasteiger partial charge >= 0.3 is 13.1 Å². The summed E-state index contributed by atoms with van der Waals surface area (Å²) in [5.74, 6) is -1.60. The SMILES string of the molecule is C[C@H](N)C(=O)N1C[C@H](CCCB(O)O)[C@](N=[N+]=[N-])(C(=O)OCc2ccccc2)C1.Cl. The molecule has 1 fully saturated rings. The first-order chi connectivity index (χ1) is 13.8. The summed E-state index contributed by atoms with van der Waals surface area (Å²) >= 11 is 0. The number of azide groups is 1. The van der Waals surface area contributed by atoms with Crippen molar-refractivity contribution >= 4 is 31.4 Å². The molecule has 4 N–H and O–H groups in total. The standard InChI is InChI=1S/C18H26BN5O5.ClH/c1-13(20)16(25)24-10-15(8-5-9-19(27)28)18(12-24,22-23-21)17(26)29-11-14-6-3-2-4-7-14;/h2-4,6-7,13,15,27-28H,5,8-12,20H2,1H3;1H/t13-,15-,18-;/m0./s1. The maximum Gasteiger partial charge on any atom is 0.451 e. The Morgan fingerprint density at radius 1 is 1.43 bits per heavy atom. The van der Waals surface area contributed by atoms with Gasteiger partial charge in [-0.05, 0) is 30.8 Å². The molecule has 0 saturated carbocycles. The zero-order valence-electron chi connectivity index (χ0n) is 16.8. The lowest BCUT2D eigenvalue weighted by molar-refractivity contribution is -0.152. The highest BCUT2D eigenvalue weighted by Crippen LogP contribution is 2.37. The van der Waals surface area contributed by atoms with Gasteiger partial charge in [0.1, 0.15) is 6.61 Å². The van der Waals surface area contributed by atoms with Crippen molar-refractivity contribution in [2.45, 2.75) is 44.3 Å². The van der Waals surface area contributed by atoms with E-state index in [2.05, 4.69) is 10.0 Å². The van der Waals surface area contributed by atoms with Gasteiger partial charge in [-0.15, -0.1) is 12.4 Å². The van der Waals surface area contributed by atoms with Crippen LogP contribution in [-0.4, -0.2) is 58.6 Å². The Morgan fingerprint density at radius 3 is 2.67 bits per heavy atom. The van der Waals surface area contributed by atoms with Gasteiger partial charge in [0.05, 0.1) is 6.04 Å². The minimum absolute atomic E-state index is 0. The van der Waals surface area contributed by atoms with Gasteiger partial charge in [-0.1, -0.05) is 41.9 Å². The predicted molar refractivity (Wildman–Crippen MR) is 113 cm³/mol. The summed E-state index contributed by atoms with van der Waals surface area (Å²) in [7, 11) is -1.47. The molecule has 1 aliphatic heterocycles. The van der Waals surface area contributed by atoms with Crippen LogP contribution in [0.5, 0.6) is 0 Å². The van der Waals surface area contributed by atoms with E-state index >= 15 is 0 Å². The van der Waals surface area contributed by atoms with Crippen LogP contribution in [0.25, 0.3) is 10.4 Å². The monoisotopic (exact) mass is 439 g/mol. The van der Waals surface area contributed by atoms with Crippen molar-refractivity contribution in [1.29, 1.82) is 0 Å². The topological polar surface area (TPSA) is 162 Å². The number of amides is 1. The summed E-state index contributed by atoms with van der Waals surface area (Å²) < 4.78 is 5.44. The van der Waals surface area contributed by atoms with Crippen LogP contribution in [0, 0.1) is 5.92 Å². The summed E-state index contributed by atoms with van der Waals surface area (Å²) in [6, 6.07) is 8.30. The Morgan fingerprint density at radius 2 is 2.10 bits per heavy atom. The van der Waals surface area contributed by atoms with Crippen molar-refractivity contribution in [3.05, 3.63) is 46.3 Å². The molecule has 1 aromatic carbocycles. The fraction of sp³-hybridized carbons (Fsp3) is 0.556. The zero-order valence-corrected chi connectivity index (χ0v) is 17.6. The molecule has 1 amide bonds. The molecule has 0 bridgehead atoms. The van der Waals surface area contributed by atoms with Crippen LogP contribution in [0.1, 0.15) is 25.3 Å². The Bertz CT molecular complexity index is 763. The zero-order chi connectivity index (χ0) is 21.4. The average molecular weight is 440 g/mol. The van der Waals surface area contributed by atoms with Crippen molar-refractivity contribution < 1.29 is 24.4 Å². The number of ether oxygens (including phenoxy) is 1. The van der Waals surface area contributed by atoms with Crippen molar-refractivity contribution in [3.8, 4) is 0 Å². The van der Waals surface area contributed by atoms with Gasteiger partial charge in [-0.3, -0.25) is 9.59 Å². The second-order valence-corrected chi connectivity index (χ2v) is 7.29. The maximum atomic E-state index is 13.0. The van der Waals surface area contributed by atoms with Crippen LogP contribution in [0.3, 0.4) is 0 Å². The van der Waals surface area contributed by atoms with E-state index in [0.29, 0.717) is 12.8 Å². The number of halogens is 1. The van der Waals surface area contributed by atoms with Gasteiger partial charge in [0.25, 0.3) is 0 Å². The molecule has 30 heavy (non-hydrogen) atoms. The number of rotatable bonds is 9. The Labute approximate surface area is 181 Å². The van der Waals surface area contributed by atoms with Gasteiger partial charge in [-0.25, -0.2) is 0 Å². The molecule has 0 aliphatic carbocycles. The first-order valence-electron chi connectivity index (χ1n) is 9.48. The largest absolute Gasteiger partial charge is 0.460 e. The second-order valence-electron chi connectivity index (χ2n) is 7.29. The Kier molecular flexibility index (Phi) is 10.1. The van der Waals surface area contributed by atoms with Gasteiger partial charge in [0, 0.05) is 23.9 Å². The van der Waals surface area contributed by atoms with Gasteiger partial charge in [0.2, 0.25) is 5.91 Å². The van der Waals surface area contributed by atoms with Crippen molar-refractivity contribution in [3.63, 3.8) is 0 Å². The van der Waals surface area contributed by atoms with Crippen molar-refractivity contribution in [2.24, 2.45) is 16.8 Å². The normalized spacial score (nSPS) is 21.2. The molecule has 12 heteroatoms. The summed E-state index contributed by atoms with van der Waals surface area (Å²) in [5, 5.41) is 22.0. The van der Waals surface area contributed by atoms with Crippen LogP contribution in [0.15, 0.2) is 35.4 Å². The lowest BCUT2D eigenvalue weighted by atomic mass is 9.78. The van der Waals surface area contributed by atoms with Crippen LogP contribution in [0.2, 0.25) is 6.32 Å². The molecule has 0 unspecified atom stereocenters. The molecule has 2 rings (SSSR count). The number of hydrogen-bond donors (Lipinski definition) is 3. The smallest absolute Gasteiger partial charge is 0.451 e. The molecule has 0 radical (unpaired) electrons. The first kappa shape index (κ1) is 25.7. The molecule has 1 heterocycles. The Hall–Kier alpha value is -2.30. The number of hydrogen-bond acceptors (Lipinski definition) is 7. The number of nitrogens with two attached hydrogens (primary N) is 1. The number of benzene rings is 1. The molecule has 3 atom stereocenters. The third kappa shape index (κ3) is 6.35. The van der Waals surface area contributed by atoms with E-state index in [1.807, 2.05) is 18.2 Å². The van der Waals surface area contributed by atoms with E-state index in [1.54, 1.807) is 19.1 Å². The summed E-state index contributed by atoms with van der Waals surface area (Å²) in [6.07, 6.45) is 0.820. The van der Waals surface area contributed by atoms with Crippen LogP contribution in [-0.2, 0) is 20.9 Å².